The van der Waals surface area contributed by atoms with E-state index >= 15 is 0 Å². The molecule has 1 amide bonds. The van der Waals surface area contributed by atoms with E-state index in [0.717, 1.165) is 5.56 Å². The number of phenols is 1. The van der Waals surface area contributed by atoms with Gasteiger partial charge in [0.05, 0.1) is 17.3 Å². The molecule has 3 aliphatic rings. The fourth-order valence-electron chi connectivity index (χ4n) is 6.26. The van der Waals surface area contributed by atoms with Crippen molar-refractivity contribution in [3.8, 4) is 5.75 Å². The Balaban J connectivity index is 1.95. The van der Waals surface area contributed by atoms with Gasteiger partial charge in [0.1, 0.15) is 22.8 Å². The van der Waals surface area contributed by atoms with Crippen LogP contribution in [0.5, 0.6) is 5.75 Å². The minimum atomic E-state index is -2.60. The number of aliphatic hydroxyl groups excluding tert-OH is 2. The average molecular weight is 528 g/mol. The van der Waals surface area contributed by atoms with Crippen molar-refractivity contribution in [1.82, 2.24) is 10.2 Å². The van der Waals surface area contributed by atoms with Crippen LogP contribution in [-0.4, -0.2) is 82.1 Å². The van der Waals surface area contributed by atoms with Crippen molar-refractivity contribution in [3.63, 3.8) is 0 Å². The molecule has 0 radical (unpaired) electrons. The molecule has 1 fully saturated rings. The van der Waals surface area contributed by atoms with Crippen LogP contribution in [0.1, 0.15) is 43.9 Å². The molecule has 10 heteroatoms. The first kappa shape index (κ1) is 27.7. The number of anilines is 1. The monoisotopic (exact) mass is 527 g/mol. The molecule has 4 atom stereocenters. The molecule has 1 aromatic carbocycles. The lowest BCUT2D eigenvalue weighted by molar-refractivity contribution is -0.153. The quantitative estimate of drug-likeness (QED) is 0.240. The Kier molecular flexibility index (Phi) is 7.09. The highest BCUT2D eigenvalue weighted by molar-refractivity contribution is 6.25. The number of hydrogen-bond donors (Lipinski definition) is 6. The van der Waals surface area contributed by atoms with Gasteiger partial charge in [-0.2, -0.15) is 0 Å². The van der Waals surface area contributed by atoms with Crippen molar-refractivity contribution in [3.05, 3.63) is 39.7 Å². The van der Waals surface area contributed by atoms with E-state index in [1.807, 2.05) is 26.8 Å². The minimum absolute atomic E-state index is 0.0952. The number of nitrogens with zero attached hydrogens (tertiary/aromatic N) is 1. The topological polar surface area (TPSA) is 159 Å². The van der Waals surface area contributed by atoms with Gasteiger partial charge in [-0.1, -0.05) is 20.8 Å². The maximum Gasteiger partial charge on any atom is 0.258 e. The fraction of sp³-hybridized carbons (Fsp3) is 0.536. The van der Waals surface area contributed by atoms with Crippen molar-refractivity contribution < 1.29 is 34.8 Å². The first-order valence-corrected chi connectivity index (χ1v) is 13.0. The lowest BCUT2D eigenvalue weighted by Gasteiger charge is -2.50. The number of benzene rings is 1. The summed E-state index contributed by atoms with van der Waals surface area (Å²) in [6, 6.07) is 0.797. The average Bonchev–Trinajstić information content (AvgIpc) is 2.85. The van der Waals surface area contributed by atoms with Crippen molar-refractivity contribution in [1.29, 1.82) is 0 Å². The standard InChI is InChI=1S/C28H37N3O7/c1-7-13-10-17(30-11-12(2)3)22(32)19-15(13)8-14-9-16-21(31(5)6)24(34)20(27(37)29-4)26(36)28(16,38)25(35)18(14)23(19)33/h10,12,14,16,21,30,32-33,36,38H,7-9,11H2,1-6H3,(H,29,37). The predicted molar refractivity (Wildman–Crippen MR) is 142 cm³/mol. The van der Waals surface area contributed by atoms with Gasteiger partial charge in [-0.3, -0.25) is 19.3 Å². The second-order valence-corrected chi connectivity index (χ2v) is 11.1. The van der Waals surface area contributed by atoms with E-state index in [0.29, 0.717) is 36.6 Å². The third-order valence-corrected chi connectivity index (χ3v) is 8.10. The van der Waals surface area contributed by atoms with Crippen molar-refractivity contribution in [2.24, 2.45) is 17.8 Å². The molecule has 0 saturated heterocycles. The molecule has 0 spiro atoms. The van der Waals surface area contributed by atoms with Gasteiger partial charge >= 0.3 is 0 Å². The van der Waals surface area contributed by atoms with Crippen LogP contribution in [-0.2, 0) is 27.2 Å². The third kappa shape index (κ3) is 3.89. The molecule has 206 valence electrons. The van der Waals surface area contributed by atoms with E-state index < -0.39 is 58.0 Å². The van der Waals surface area contributed by atoms with Crippen LogP contribution in [0.15, 0.2) is 23.0 Å². The molecule has 0 aromatic heterocycles. The lowest BCUT2D eigenvalue weighted by atomic mass is 9.57. The summed E-state index contributed by atoms with van der Waals surface area (Å²) in [4.78, 5) is 41.5. The van der Waals surface area contributed by atoms with Crippen LogP contribution < -0.4 is 10.6 Å². The number of hydrogen-bond acceptors (Lipinski definition) is 9. The van der Waals surface area contributed by atoms with Gasteiger partial charge in [-0.05, 0) is 62.4 Å². The predicted octanol–water partition coefficient (Wildman–Crippen LogP) is 1.86. The highest BCUT2D eigenvalue weighted by Crippen LogP contribution is 2.53. The normalized spacial score (nSPS) is 26.9. The number of ketones is 2. The van der Waals surface area contributed by atoms with Gasteiger partial charge < -0.3 is 31.1 Å². The van der Waals surface area contributed by atoms with Crippen LogP contribution in [0.4, 0.5) is 5.69 Å². The zero-order valence-corrected chi connectivity index (χ0v) is 22.7. The summed E-state index contributed by atoms with van der Waals surface area (Å²) >= 11 is 0. The van der Waals surface area contributed by atoms with E-state index in [1.54, 1.807) is 14.1 Å². The van der Waals surface area contributed by atoms with E-state index in [1.165, 1.54) is 11.9 Å². The smallest absolute Gasteiger partial charge is 0.258 e. The molecule has 1 aromatic rings. The molecular formula is C28H37N3O7. The van der Waals surface area contributed by atoms with Crippen LogP contribution in [0.2, 0.25) is 0 Å². The van der Waals surface area contributed by atoms with Crippen molar-refractivity contribution >= 4 is 28.9 Å². The van der Waals surface area contributed by atoms with E-state index in [9.17, 15) is 34.8 Å². The first-order valence-electron chi connectivity index (χ1n) is 13.0. The van der Waals surface area contributed by atoms with Crippen LogP contribution in [0.25, 0.3) is 5.76 Å². The second-order valence-electron chi connectivity index (χ2n) is 11.1. The number of fused-ring (bicyclic) bond motifs is 3. The number of aliphatic hydroxyl groups is 3. The largest absolute Gasteiger partial charge is 0.508 e. The Bertz CT molecular complexity index is 1280. The van der Waals surface area contributed by atoms with Crippen molar-refractivity contribution in [2.75, 3.05) is 33.0 Å². The number of aryl methyl sites for hydroxylation is 1. The van der Waals surface area contributed by atoms with Crippen LogP contribution in [0.3, 0.4) is 0 Å². The van der Waals surface area contributed by atoms with Crippen LogP contribution >= 0.6 is 0 Å². The number of amides is 1. The van der Waals surface area contributed by atoms with E-state index in [2.05, 4.69) is 10.6 Å². The number of carbonyl (C=O) groups is 3. The lowest BCUT2D eigenvalue weighted by Crippen LogP contribution is -2.65. The Labute approximate surface area is 222 Å². The number of carbonyl (C=O) groups excluding carboxylic acids is 3. The molecule has 0 heterocycles. The summed E-state index contributed by atoms with van der Waals surface area (Å²) < 4.78 is 0. The summed E-state index contributed by atoms with van der Waals surface area (Å²) in [6.07, 6.45) is 1.01. The number of likely N-dealkylation sites (N-methyl/N-ethyl adjacent to an activating group) is 2. The van der Waals surface area contributed by atoms with E-state index in [-0.39, 0.29) is 23.3 Å². The van der Waals surface area contributed by atoms with Gasteiger partial charge in [-0.15, -0.1) is 0 Å². The Hall–Kier alpha value is -3.37. The molecule has 1 saturated carbocycles. The molecule has 3 aliphatic carbocycles. The molecule has 4 unspecified atom stereocenters. The molecular weight excluding hydrogens is 490 g/mol. The first-order chi connectivity index (χ1) is 17.8. The summed E-state index contributed by atoms with van der Waals surface area (Å²) in [5, 5.41) is 51.0. The maximum absolute atomic E-state index is 14.0. The molecule has 0 aliphatic heterocycles. The molecule has 10 nitrogen and oxygen atoms in total. The number of aromatic hydroxyl groups is 1. The van der Waals surface area contributed by atoms with Gasteiger partial charge in [0.25, 0.3) is 5.91 Å². The molecule has 0 bridgehead atoms. The summed E-state index contributed by atoms with van der Waals surface area (Å²) in [5.41, 5.74) is -1.23. The zero-order chi connectivity index (χ0) is 28.3. The number of nitrogens with one attached hydrogen (secondary N) is 2. The Morgan fingerprint density at radius 2 is 1.87 bits per heavy atom. The fourth-order valence-corrected chi connectivity index (χ4v) is 6.26. The molecule has 4 rings (SSSR count). The van der Waals surface area contributed by atoms with Gasteiger partial charge in [0.2, 0.25) is 5.78 Å². The second kappa shape index (κ2) is 9.74. The Morgan fingerprint density at radius 1 is 1.21 bits per heavy atom. The van der Waals surface area contributed by atoms with Crippen molar-refractivity contribution in [2.45, 2.75) is 51.7 Å². The minimum Gasteiger partial charge on any atom is -0.508 e. The summed E-state index contributed by atoms with van der Waals surface area (Å²) in [7, 11) is 4.49. The van der Waals surface area contributed by atoms with Gasteiger partial charge in [0.15, 0.2) is 11.4 Å². The van der Waals surface area contributed by atoms with Gasteiger partial charge in [0, 0.05) is 25.1 Å². The number of rotatable bonds is 6. The maximum atomic E-state index is 14.0. The number of Topliss-reactive ketones (excluding diaryl/α,β-unsaturated/α-hetero) is 2. The summed E-state index contributed by atoms with van der Waals surface area (Å²) in [6.45, 7) is 6.59. The third-order valence-electron chi connectivity index (χ3n) is 8.10. The SMILES string of the molecule is CCc1cc(NCC(C)C)c(O)c2c1CC1CC3C(N(C)C)C(=O)C(C(=O)NC)=C(O)C3(O)C(=O)C1=C2O. The summed E-state index contributed by atoms with van der Waals surface area (Å²) in [5.74, 6) is -5.57. The molecule has 6 N–H and O–H groups in total. The molecule has 38 heavy (non-hydrogen) atoms. The Morgan fingerprint density at radius 3 is 2.42 bits per heavy atom. The highest BCUT2D eigenvalue weighted by atomic mass is 16.3. The zero-order valence-electron chi connectivity index (χ0n) is 22.7. The highest BCUT2D eigenvalue weighted by Gasteiger charge is 2.64. The van der Waals surface area contributed by atoms with Crippen LogP contribution in [0, 0.1) is 17.8 Å². The van der Waals surface area contributed by atoms with E-state index in [4.69, 9.17) is 0 Å². The number of phenolic OH excluding ortho intramolecular Hbond substituents is 1. The van der Waals surface area contributed by atoms with Gasteiger partial charge in [-0.25, -0.2) is 0 Å².